The Kier molecular flexibility index (Phi) is 4.98. The van der Waals surface area contributed by atoms with Crippen molar-refractivity contribution < 1.29 is 4.79 Å². The number of ketones is 1. The standard InChI is InChI=1S/C12H11BrClNO/c1-2-12(16)10(13)6-9-4-3-8(7-15)5-11(9)14/h3-5,10H,2,6H2,1H3. The van der Waals surface area contributed by atoms with E-state index in [4.69, 9.17) is 16.9 Å². The van der Waals surface area contributed by atoms with Gasteiger partial charge in [0.05, 0.1) is 16.5 Å². The Hall–Kier alpha value is -0.850. The molecule has 1 aromatic carbocycles. The third-order valence-corrected chi connectivity index (χ3v) is 3.47. The Bertz CT molecular complexity index is 439. The lowest BCUT2D eigenvalue weighted by Crippen LogP contribution is -2.15. The van der Waals surface area contributed by atoms with Crippen LogP contribution in [0.15, 0.2) is 18.2 Å². The van der Waals surface area contributed by atoms with Crippen LogP contribution in [0.5, 0.6) is 0 Å². The van der Waals surface area contributed by atoms with Gasteiger partial charge in [0.2, 0.25) is 0 Å². The number of alkyl halides is 1. The highest BCUT2D eigenvalue weighted by molar-refractivity contribution is 9.10. The number of rotatable bonds is 4. The topological polar surface area (TPSA) is 40.9 Å². The van der Waals surface area contributed by atoms with E-state index < -0.39 is 0 Å². The summed E-state index contributed by atoms with van der Waals surface area (Å²) in [6.07, 6.45) is 1.06. The van der Waals surface area contributed by atoms with Crippen LogP contribution in [0.1, 0.15) is 24.5 Å². The van der Waals surface area contributed by atoms with Crippen molar-refractivity contribution >= 4 is 33.3 Å². The molecule has 0 heterocycles. The number of benzene rings is 1. The average molecular weight is 301 g/mol. The number of carbonyl (C=O) groups is 1. The predicted molar refractivity (Wildman–Crippen MR) is 67.9 cm³/mol. The monoisotopic (exact) mass is 299 g/mol. The maximum absolute atomic E-state index is 11.4. The van der Waals surface area contributed by atoms with Gasteiger partial charge < -0.3 is 0 Å². The van der Waals surface area contributed by atoms with Gasteiger partial charge in [0.1, 0.15) is 5.78 Å². The van der Waals surface area contributed by atoms with Crippen LogP contribution in [0.25, 0.3) is 0 Å². The van der Waals surface area contributed by atoms with Crippen molar-refractivity contribution in [1.82, 2.24) is 0 Å². The van der Waals surface area contributed by atoms with Crippen LogP contribution in [0.3, 0.4) is 0 Å². The minimum Gasteiger partial charge on any atom is -0.298 e. The fraction of sp³-hybridized carbons (Fsp3) is 0.333. The molecule has 84 valence electrons. The van der Waals surface area contributed by atoms with Crippen molar-refractivity contribution in [2.24, 2.45) is 0 Å². The van der Waals surface area contributed by atoms with Gasteiger partial charge in [-0.15, -0.1) is 0 Å². The molecule has 0 aliphatic rings. The van der Waals surface area contributed by atoms with E-state index >= 15 is 0 Å². The molecular formula is C12H11BrClNO. The Morgan fingerprint density at radius 2 is 2.31 bits per heavy atom. The number of halogens is 2. The quantitative estimate of drug-likeness (QED) is 0.799. The van der Waals surface area contributed by atoms with E-state index in [1.807, 2.05) is 13.0 Å². The zero-order chi connectivity index (χ0) is 12.1. The molecule has 0 fully saturated rings. The summed E-state index contributed by atoms with van der Waals surface area (Å²) in [7, 11) is 0. The normalized spacial score (nSPS) is 11.9. The highest BCUT2D eigenvalue weighted by Gasteiger charge is 2.15. The molecule has 2 nitrogen and oxygen atoms in total. The lowest BCUT2D eigenvalue weighted by molar-refractivity contribution is -0.118. The summed E-state index contributed by atoms with van der Waals surface area (Å²) in [6.45, 7) is 1.83. The second-order valence-electron chi connectivity index (χ2n) is 3.41. The van der Waals surface area contributed by atoms with Gasteiger partial charge in [-0.2, -0.15) is 5.26 Å². The van der Waals surface area contributed by atoms with E-state index in [2.05, 4.69) is 15.9 Å². The molecule has 1 aromatic rings. The van der Waals surface area contributed by atoms with E-state index in [0.717, 1.165) is 5.56 Å². The van der Waals surface area contributed by atoms with Gasteiger partial charge in [-0.3, -0.25) is 4.79 Å². The minimum atomic E-state index is -0.206. The second-order valence-corrected chi connectivity index (χ2v) is 4.92. The van der Waals surface area contributed by atoms with Gasteiger partial charge in [-0.25, -0.2) is 0 Å². The smallest absolute Gasteiger partial charge is 0.146 e. The fourth-order valence-corrected chi connectivity index (χ4v) is 2.24. The van der Waals surface area contributed by atoms with Crippen molar-refractivity contribution in [3.63, 3.8) is 0 Å². The number of hydrogen-bond donors (Lipinski definition) is 0. The molecule has 0 radical (unpaired) electrons. The van der Waals surface area contributed by atoms with Crippen LogP contribution < -0.4 is 0 Å². The Labute approximate surface area is 108 Å². The SMILES string of the molecule is CCC(=O)C(Br)Cc1ccc(C#N)cc1Cl. The first kappa shape index (κ1) is 13.2. The molecule has 1 atom stereocenters. The molecule has 0 spiro atoms. The first-order valence-electron chi connectivity index (χ1n) is 4.93. The molecule has 0 saturated heterocycles. The van der Waals surface area contributed by atoms with E-state index in [1.165, 1.54) is 0 Å². The van der Waals surface area contributed by atoms with Gasteiger partial charge in [-0.1, -0.05) is 40.5 Å². The van der Waals surface area contributed by atoms with E-state index in [-0.39, 0.29) is 10.6 Å². The molecule has 0 bridgehead atoms. The van der Waals surface area contributed by atoms with E-state index in [9.17, 15) is 4.79 Å². The summed E-state index contributed by atoms with van der Waals surface area (Å²) in [5.41, 5.74) is 1.41. The summed E-state index contributed by atoms with van der Waals surface area (Å²) in [5.74, 6) is 0.153. The summed E-state index contributed by atoms with van der Waals surface area (Å²) in [6, 6.07) is 7.13. The van der Waals surface area contributed by atoms with Crippen molar-refractivity contribution in [1.29, 1.82) is 5.26 Å². The van der Waals surface area contributed by atoms with Crippen LogP contribution in [0.2, 0.25) is 5.02 Å². The summed E-state index contributed by atoms with van der Waals surface area (Å²) in [4.78, 5) is 11.2. The number of carbonyl (C=O) groups excluding carboxylic acids is 1. The molecule has 0 N–H and O–H groups in total. The molecule has 0 aromatic heterocycles. The van der Waals surface area contributed by atoms with Gasteiger partial charge in [0.25, 0.3) is 0 Å². The number of nitriles is 1. The third kappa shape index (κ3) is 3.33. The first-order valence-corrected chi connectivity index (χ1v) is 6.23. The van der Waals surface area contributed by atoms with Crippen LogP contribution >= 0.6 is 27.5 Å². The zero-order valence-electron chi connectivity index (χ0n) is 8.84. The van der Waals surface area contributed by atoms with E-state index in [1.54, 1.807) is 18.2 Å². The summed E-state index contributed by atoms with van der Waals surface area (Å²) >= 11 is 9.35. The predicted octanol–water partition coefficient (Wildman–Crippen LogP) is 3.50. The Balaban J connectivity index is 2.83. The van der Waals surface area contributed by atoms with Crippen molar-refractivity contribution in [3.05, 3.63) is 34.3 Å². The third-order valence-electron chi connectivity index (χ3n) is 2.28. The fourth-order valence-electron chi connectivity index (χ4n) is 1.31. The first-order chi connectivity index (χ1) is 7.58. The molecule has 0 aliphatic carbocycles. The van der Waals surface area contributed by atoms with Crippen LogP contribution in [-0.2, 0) is 11.2 Å². The van der Waals surface area contributed by atoms with Crippen molar-refractivity contribution in [2.45, 2.75) is 24.6 Å². The van der Waals surface area contributed by atoms with E-state index in [0.29, 0.717) is 23.4 Å². The summed E-state index contributed by atoms with van der Waals surface area (Å²) in [5, 5.41) is 9.22. The lowest BCUT2D eigenvalue weighted by atomic mass is 10.0. The molecule has 0 amide bonds. The lowest BCUT2D eigenvalue weighted by Gasteiger charge is -2.09. The van der Waals surface area contributed by atoms with Crippen molar-refractivity contribution in [2.75, 3.05) is 0 Å². The molecule has 1 unspecified atom stereocenters. The highest BCUT2D eigenvalue weighted by Crippen LogP contribution is 2.21. The second kappa shape index (κ2) is 6.03. The molecule has 0 aliphatic heterocycles. The zero-order valence-corrected chi connectivity index (χ0v) is 11.2. The molecule has 1 rings (SSSR count). The molecule has 4 heteroatoms. The Morgan fingerprint density at radius 3 is 2.81 bits per heavy atom. The minimum absolute atomic E-state index is 0.153. The molecule has 16 heavy (non-hydrogen) atoms. The largest absolute Gasteiger partial charge is 0.298 e. The number of nitrogens with zero attached hydrogens (tertiary/aromatic N) is 1. The molecular weight excluding hydrogens is 289 g/mol. The summed E-state index contributed by atoms with van der Waals surface area (Å²) < 4.78 is 0. The molecule has 0 saturated carbocycles. The van der Waals surface area contributed by atoms with Gasteiger partial charge >= 0.3 is 0 Å². The van der Waals surface area contributed by atoms with Crippen LogP contribution in [0.4, 0.5) is 0 Å². The Morgan fingerprint density at radius 1 is 1.62 bits per heavy atom. The van der Waals surface area contributed by atoms with Crippen LogP contribution in [-0.4, -0.2) is 10.6 Å². The van der Waals surface area contributed by atoms with Crippen LogP contribution in [0, 0.1) is 11.3 Å². The van der Waals surface area contributed by atoms with Crippen molar-refractivity contribution in [3.8, 4) is 6.07 Å². The van der Waals surface area contributed by atoms with Gasteiger partial charge in [-0.05, 0) is 24.1 Å². The van der Waals surface area contributed by atoms with Gasteiger partial charge in [0, 0.05) is 11.4 Å². The maximum Gasteiger partial charge on any atom is 0.146 e. The number of hydrogen-bond acceptors (Lipinski definition) is 2. The maximum atomic E-state index is 11.4. The highest BCUT2D eigenvalue weighted by atomic mass is 79.9. The van der Waals surface area contributed by atoms with Gasteiger partial charge in [0.15, 0.2) is 0 Å². The number of Topliss-reactive ketones (excluding diaryl/α,β-unsaturated/α-hetero) is 1. The average Bonchev–Trinajstić information content (AvgIpc) is 2.30.